The van der Waals surface area contributed by atoms with Gasteiger partial charge in [0.1, 0.15) is 12.1 Å². The normalized spacial score (nSPS) is 23.5. The summed E-state index contributed by atoms with van der Waals surface area (Å²) < 4.78 is 0. The summed E-state index contributed by atoms with van der Waals surface area (Å²) in [5.74, 6) is -0.566. The van der Waals surface area contributed by atoms with E-state index in [9.17, 15) is 19.2 Å². The Morgan fingerprint density at radius 2 is 1.97 bits per heavy atom. The van der Waals surface area contributed by atoms with Gasteiger partial charge >= 0.3 is 6.03 Å². The molecule has 1 aliphatic carbocycles. The Hall–Kier alpha value is -2.90. The van der Waals surface area contributed by atoms with Crippen molar-refractivity contribution in [2.24, 2.45) is 0 Å². The molecule has 0 radical (unpaired) electrons. The molecule has 1 aromatic carbocycles. The molecule has 1 unspecified atom stereocenters. The third-order valence-electron chi connectivity index (χ3n) is 6.05. The Morgan fingerprint density at radius 1 is 1.14 bits per heavy atom. The first kappa shape index (κ1) is 19.4. The molecule has 0 saturated carbocycles. The van der Waals surface area contributed by atoms with Gasteiger partial charge in [0.15, 0.2) is 0 Å². The summed E-state index contributed by atoms with van der Waals surface area (Å²) in [6.07, 6.45) is 4.36. The minimum absolute atomic E-state index is 0.161. The SMILES string of the molecule is O=C(CN1C(=O)NC2(CCCc3ccccc32)C1=O)NCCCN1CCCC1=O. The van der Waals surface area contributed by atoms with E-state index in [0.717, 1.165) is 41.8 Å². The summed E-state index contributed by atoms with van der Waals surface area (Å²) in [7, 11) is 0. The van der Waals surface area contributed by atoms with Crippen molar-refractivity contribution in [1.82, 2.24) is 20.4 Å². The minimum atomic E-state index is -1.05. The second-order valence-electron chi connectivity index (χ2n) is 7.93. The van der Waals surface area contributed by atoms with E-state index in [1.807, 2.05) is 24.3 Å². The maximum atomic E-state index is 13.1. The zero-order valence-corrected chi connectivity index (χ0v) is 16.4. The summed E-state index contributed by atoms with van der Waals surface area (Å²) >= 11 is 0. The number of hydrogen-bond donors (Lipinski definition) is 2. The molecule has 2 fully saturated rings. The number of rotatable bonds is 6. The summed E-state index contributed by atoms with van der Waals surface area (Å²) in [6.45, 7) is 1.50. The molecular formula is C21H26N4O4. The molecule has 8 heteroatoms. The number of benzene rings is 1. The van der Waals surface area contributed by atoms with Gasteiger partial charge in [-0.1, -0.05) is 24.3 Å². The highest BCUT2D eigenvalue weighted by Crippen LogP contribution is 2.39. The van der Waals surface area contributed by atoms with E-state index in [-0.39, 0.29) is 24.3 Å². The number of nitrogens with one attached hydrogen (secondary N) is 2. The Bertz CT molecular complexity index is 855. The Labute approximate surface area is 169 Å². The van der Waals surface area contributed by atoms with Crippen LogP contribution in [0.25, 0.3) is 0 Å². The van der Waals surface area contributed by atoms with Crippen LogP contribution in [0.4, 0.5) is 4.79 Å². The average molecular weight is 398 g/mol. The first-order chi connectivity index (χ1) is 14.0. The highest BCUT2D eigenvalue weighted by Gasteiger charge is 2.54. The second kappa shape index (κ2) is 7.85. The minimum Gasteiger partial charge on any atom is -0.354 e. The molecule has 1 aromatic rings. The van der Waals surface area contributed by atoms with Crippen LogP contribution in [-0.2, 0) is 26.3 Å². The third kappa shape index (κ3) is 3.59. The van der Waals surface area contributed by atoms with E-state index in [1.165, 1.54) is 0 Å². The van der Waals surface area contributed by atoms with Crippen LogP contribution in [0.5, 0.6) is 0 Å². The Kier molecular flexibility index (Phi) is 5.25. The number of imide groups is 1. The van der Waals surface area contributed by atoms with Crippen molar-refractivity contribution < 1.29 is 19.2 Å². The van der Waals surface area contributed by atoms with E-state index in [1.54, 1.807) is 4.90 Å². The fraction of sp³-hybridized carbons (Fsp3) is 0.524. The highest BCUT2D eigenvalue weighted by molar-refractivity contribution is 6.09. The van der Waals surface area contributed by atoms with Gasteiger partial charge in [0.05, 0.1) is 0 Å². The number of nitrogens with zero attached hydrogens (tertiary/aromatic N) is 2. The molecule has 5 amide bonds. The van der Waals surface area contributed by atoms with Crippen LogP contribution in [0.1, 0.15) is 43.2 Å². The van der Waals surface area contributed by atoms with Crippen molar-refractivity contribution in [3.63, 3.8) is 0 Å². The number of fused-ring (bicyclic) bond motifs is 2. The van der Waals surface area contributed by atoms with Crippen molar-refractivity contribution in [1.29, 1.82) is 0 Å². The van der Waals surface area contributed by atoms with Gasteiger partial charge in [0.2, 0.25) is 11.8 Å². The summed E-state index contributed by atoms with van der Waals surface area (Å²) in [5, 5.41) is 5.60. The number of urea groups is 1. The van der Waals surface area contributed by atoms with E-state index < -0.39 is 11.6 Å². The molecule has 1 atom stereocenters. The molecular weight excluding hydrogens is 372 g/mol. The van der Waals surface area contributed by atoms with Crippen molar-refractivity contribution in [2.75, 3.05) is 26.2 Å². The average Bonchev–Trinajstić information content (AvgIpc) is 3.22. The quantitative estimate of drug-likeness (QED) is 0.549. The predicted molar refractivity (Wildman–Crippen MR) is 105 cm³/mol. The highest BCUT2D eigenvalue weighted by atomic mass is 16.2. The first-order valence-electron chi connectivity index (χ1n) is 10.3. The number of aryl methyl sites for hydroxylation is 1. The topological polar surface area (TPSA) is 98.8 Å². The van der Waals surface area contributed by atoms with Crippen LogP contribution in [0, 0.1) is 0 Å². The van der Waals surface area contributed by atoms with Gasteiger partial charge in [0.25, 0.3) is 5.91 Å². The number of hydrogen-bond acceptors (Lipinski definition) is 4. The van der Waals surface area contributed by atoms with Gasteiger partial charge in [-0.15, -0.1) is 0 Å². The van der Waals surface area contributed by atoms with E-state index in [0.29, 0.717) is 32.4 Å². The van der Waals surface area contributed by atoms with Crippen LogP contribution in [0.2, 0.25) is 0 Å². The fourth-order valence-corrected chi connectivity index (χ4v) is 4.59. The largest absolute Gasteiger partial charge is 0.354 e. The molecule has 2 aliphatic heterocycles. The molecule has 154 valence electrons. The standard InChI is InChI=1S/C21H26N4O4/c26-17(22-11-5-13-24-12-4-9-18(24)27)14-25-19(28)21(23-20(25)29)10-3-7-15-6-1-2-8-16(15)21/h1-2,6,8H,3-5,7,9-14H2,(H,22,26)(H,23,29). The molecule has 0 aromatic heterocycles. The molecule has 2 heterocycles. The molecule has 4 rings (SSSR count). The number of likely N-dealkylation sites (tertiary alicyclic amines) is 1. The predicted octanol–water partition coefficient (Wildman–Crippen LogP) is 0.899. The van der Waals surface area contributed by atoms with Gasteiger partial charge in [-0.05, 0) is 43.2 Å². The molecule has 0 bridgehead atoms. The summed E-state index contributed by atoms with van der Waals surface area (Å²) in [4.78, 5) is 52.4. The molecule has 2 N–H and O–H groups in total. The fourth-order valence-electron chi connectivity index (χ4n) is 4.59. The zero-order valence-electron chi connectivity index (χ0n) is 16.4. The van der Waals surface area contributed by atoms with Gasteiger partial charge in [-0.25, -0.2) is 4.79 Å². The summed E-state index contributed by atoms with van der Waals surface area (Å²) in [5.41, 5.74) is 0.848. The lowest BCUT2D eigenvalue weighted by atomic mass is 9.76. The maximum Gasteiger partial charge on any atom is 0.325 e. The van der Waals surface area contributed by atoms with E-state index in [4.69, 9.17) is 0 Å². The molecule has 2 saturated heterocycles. The summed E-state index contributed by atoms with van der Waals surface area (Å²) in [6, 6.07) is 7.14. The zero-order chi connectivity index (χ0) is 20.4. The van der Waals surface area contributed by atoms with Crippen molar-refractivity contribution in [3.8, 4) is 0 Å². The number of carbonyl (C=O) groups is 4. The van der Waals surface area contributed by atoms with Crippen molar-refractivity contribution in [3.05, 3.63) is 35.4 Å². The van der Waals surface area contributed by atoms with Crippen LogP contribution in [-0.4, -0.2) is 59.7 Å². The molecule has 1 spiro atoms. The van der Waals surface area contributed by atoms with Crippen LogP contribution in [0.3, 0.4) is 0 Å². The monoisotopic (exact) mass is 398 g/mol. The first-order valence-corrected chi connectivity index (χ1v) is 10.3. The Morgan fingerprint density at radius 3 is 2.76 bits per heavy atom. The lowest BCUT2D eigenvalue weighted by molar-refractivity contribution is -0.135. The molecule has 29 heavy (non-hydrogen) atoms. The lowest BCUT2D eigenvalue weighted by Gasteiger charge is -2.33. The van der Waals surface area contributed by atoms with Crippen molar-refractivity contribution >= 4 is 23.8 Å². The third-order valence-corrected chi connectivity index (χ3v) is 6.05. The van der Waals surface area contributed by atoms with Crippen molar-refractivity contribution in [2.45, 2.75) is 44.1 Å². The van der Waals surface area contributed by atoms with E-state index in [2.05, 4.69) is 10.6 Å². The van der Waals surface area contributed by atoms with Gasteiger partial charge in [-0.2, -0.15) is 0 Å². The number of carbonyl (C=O) groups excluding carboxylic acids is 4. The second-order valence-corrected chi connectivity index (χ2v) is 7.93. The van der Waals surface area contributed by atoms with Crippen LogP contribution >= 0.6 is 0 Å². The number of amides is 5. The van der Waals surface area contributed by atoms with Crippen LogP contribution < -0.4 is 10.6 Å². The Balaban J connectivity index is 1.34. The molecule has 8 nitrogen and oxygen atoms in total. The van der Waals surface area contributed by atoms with E-state index >= 15 is 0 Å². The van der Waals surface area contributed by atoms with Gasteiger partial charge in [0, 0.05) is 26.1 Å². The molecule has 3 aliphatic rings. The maximum absolute atomic E-state index is 13.1. The van der Waals surface area contributed by atoms with Gasteiger partial charge < -0.3 is 15.5 Å². The smallest absolute Gasteiger partial charge is 0.325 e. The lowest BCUT2D eigenvalue weighted by Crippen LogP contribution is -2.47. The van der Waals surface area contributed by atoms with Crippen LogP contribution in [0.15, 0.2) is 24.3 Å². The van der Waals surface area contributed by atoms with Gasteiger partial charge in [-0.3, -0.25) is 19.3 Å².